The van der Waals surface area contributed by atoms with Gasteiger partial charge >= 0.3 is 0 Å². The van der Waals surface area contributed by atoms with Gasteiger partial charge in [-0.3, -0.25) is 9.59 Å². The number of aryl methyl sites for hydroxylation is 3. The zero-order chi connectivity index (χ0) is 23.5. The van der Waals surface area contributed by atoms with Crippen LogP contribution in [-0.4, -0.2) is 69.3 Å². The molecular weight excluding hydrogens is 430 g/mol. The van der Waals surface area contributed by atoms with Gasteiger partial charge < -0.3 is 15.0 Å². The number of amides is 2. The fourth-order valence-corrected chi connectivity index (χ4v) is 5.44. The van der Waals surface area contributed by atoms with Gasteiger partial charge in [0, 0.05) is 25.8 Å². The van der Waals surface area contributed by atoms with Crippen molar-refractivity contribution in [3.05, 3.63) is 58.7 Å². The first-order valence-electron chi connectivity index (χ1n) is 10.4. The summed E-state index contributed by atoms with van der Waals surface area (Å²) in [5.74, 6) is -0.894. The Bertz CT molecular complexity index is 1100. The first-order valence-corrected chi connectivity index (χ1v) is 11.9. The monoisotopic (exact) mass is 459 g/mol. The summed E-state index contributed by atoms with van der Waals surface area (Å²) in [6, 6.07) is 10.0. The Morgan fingerprint density at radius 1 is 1.06 bits per heavy atom. The molecule has 1 fully saturated rings. The third kappa shape index (κ3) is 5.17. The van der Waals surface area contributed by atoms with E-state index >= 15 is 0 Å². The van der Waals surface area contributed by atoms with E-state index in [0.717, 1.165) is 22.4 Å². The van der Waals surface area contributed by atoms with Gasteiger partial charge in [-0.1, -0.05) is 29.8 Å². The summed E-state index contributed by atoms with van der Waals surface area (Å²) in [6.07, 6.45) is 0. The number of hydrogen-bond acceptors (Lipinski definition) is 5. The standard InChI is InChI=1S/C23H29N3O5S/c1-16-13-17(2)22(18(3)14-16)24-21(27)15-25(4)23(28)19-7-5-6-8-20(19)32(29,30)26-9-11-31-12-10-26/h5-8,13-14H,9-12,15H2,1-4H3,(H,24,27). The predicted molar refractivity (Wildman–Crippen MR) is 122 cm³/mol. The van der Waals surface area contributed by atoms with Crippen molar-refractivity contribution in [3.8, 4) is 0 Å². The van der Waals surface area contributed by atoms with Crippen LogP contribution in [0.15, 0.2) is 41.3 Å². The SMILES string of the molecule is Cc1cc(C)c(NC(=O)CN(C)C(=O)c2ccccc2S(=O)(=O)N2CCOCC2)c(C)c1. The number of rotatable bonds is 6. The molecule has 32 heavy (non-hydrogen) atoms. The molecule has 1 aliphatic rings. The van der Waals surface area contributed by atoms with Crippen LogP contribution < -0.4 is 5.32 Å². The number of sulfonamides is 1. The van der Waals surface area contributed by atoms with Crippen LogP contribution in [0.4, 0.5) is 5.69 Å². The topological polar surface area (TPSA) is 96.0 Å². The number of anilines is 1. The maximum atomic E-state index is 13.1. The molecule has 1 heterocycles. The van der Waals surface area contributed by atoms with Gasteiger partial charge in [-0.25, -0.2) is 8.42 Å². The van der Waals surface area contributed by atoms with Crippen molar-refractivity contribution in [1.82, 2.24) is 9.21 Å². The van der Waals surface area contributed by atoms with Crippen molar-refractivity contribution < 1.29 is 22.7 Å². The van der Waals surface area contributed by atoms with E-state index in [2.05, 4.69) is 5.32 Å². The van der Waals surface area contributed by atoms with Crippen molar-refractivity contribution in [1.29, 1.82) is 0 Å². The van der Waals surface area contributed by atoms with Gasteiger partial charge in [-0.2, -0.15) is 4.31 Å². The number of likely N-dealkylation sites (N-methyl/N-ethyl adjacent to an activating group) is 1. The van der Waals surface area contributed by atoms with Crippen LogP contribution >= 0.6 is 0 Å². The van der Waals surface area contributed by atoms with Crippen LogP contribution in [0.2, 0.25) is 0 Å². The molecule has 1 aliphatic heterocycles. The molecule has 0 saturated carbocycles. The lowest BCUT2D eigenvalue weighted by atomic mass is 10.1. The fraction of sp³-hybridized carbons (Fsp3) is 0.391. The first-order chi connectivity index (χ1) is 15.1. The van der Waals surface area contributed by atoms with E-state index in [0.29, 0.717) is 13.2 Å². The van der Waals surface area contributed by atoms with Gasteiger partial charge in [-0.15, -0.1) is 0 Å². The quantitative estimate of drug-likeness (QED) is 0.715. The van der Waals surface area contributed by atoms with Crippen molar-refractivity contribution >= 4 is 27.5 Å². The van der Waals surface area contributed by atoms with Crippen molar-refractivity contribution in [2.45, 2.75) is 25.7 Å². The Hall–Kier alpha value is -2.75. The highest BCUT2D eigenvalue weighted by Crippen LogP contribution is 2.23. The number of carbonyl (C=O) groups excluding carboxylic acids is 2. The first kappa shape index (κ1) is 23.9. The van der Waals surface area contributed by atoms with E-state index in [1.165, 1.54) is 28.4 Å². The van der Waals surface area contributed by atoms with Crippen LogP contribution in [0, 0.1) is 20.8 Å². The molecule has 0 atom stereocenters. The zero-order valence-electron chi connectivity index (χ0n) is 18.8. The van der Waals surface area contributed by atoms with Crippen molar-refractivity contribution in [2.75, 3.05) is 45.2 Å². The average molecular weight is 460 g/mol. The molecule has 1 N–H and O–H groups in total. The summed E-state index contributed by atoms with van der Waals surface area (Å²) < 4.78 is 32.8. The smallest absolute Gasteiger partial charge is 0.255 e. The number of ether oxygens (including phenoxy) is 1. The number of nitrogens with zero attached hydrogens (tertiary/aromatic N) is 2. The lowest BCUT2D eigenvalue weighted by Crippen LogP contribution is -2.42. The number of carbonyl (C=O) groups is 2. The van der Waals surface area contributed by atoms with Crippen LogP contribution in [0.5, 0.6) is 0 Å². The summed E-state index contributed by atoms with van der Waals surface area (Å²) in [5.41, 5.74) is 3.73. The second-order valence-corrected chi connectivity index (χ2v) is 9.90. The molecule has 0 spiro atoms. The second kappa shape index (κ2) is 9.81. The van der Waals surface area contributed by atoms with Gasteiger partial charge in [-0.05, 0) is 44.0 Å². The minimum absolute atomic E-state index is 0.0389. The van der Waals surface area contributed by atoms with E-state index in [1.54, 1.807) is 12.1 Å². The molecule has 1 saturated heterocycles. The molecule has 0 aromatic heterocycles. The van der Waals surface area contributed by atoms with Crippen LogP contribution in [0.1, 0.15) is 27.0 Å². The van der Waals surface area contributed by atoms with Gasteiger partial charge in [0.25, 0.3) is 5.91 Å². The second-order valence-electron chi connectivity index (χ2n) is 8.00. The Kier molecular flexibility index (Phi) is 7.33. The summed E-state index contributed by atoms with van der Waals surface area (Å²) in [5, 5.41) is 2.87. The van der Waals surface area contributed by atoms with Crippen LogP contribution in [-0.2, 0) is 19.6 Å². The highest BCUT2D eigenvalue weighted by atomic mass is 32.2. The normalized spacial score (nSPS) is 14.8. The molecule has 172 valence electrons. The molecule has 0 unspecified atom stereocenters. The number of hydrogen-bond donors (Lipinski definition) is 1. The van der Waals surface area contributed by atoms with Gasteiger partial charge in [0.1, 0.15) is 0 Å². The minimum Gasteiger partial charge on any atom is -0.379 e. The molecule has 8 nitrogen and oxygen atoms in total. The fourth-order valence-electron chi connectivity index (χ4n) is 3.84. The Balaban J connectivity index is 1.77. The van der Waals surface area contributed by atoms with Gasteiger partial charge in [0.2, 0.25) is 15.9 Å². The van der Waals surface area contributed by atoms with Crippen LogP contribution in [0.3, 0.4) is 0 Å². The molecule has 0 aliphatic carbocycles. The molecule has 0 bridgehead atoms. The molecular formula is C23H29N3O5S. The summed E-state index contributed by atoms with van der Waals surface area (Å²) in [6.45, 7) is 6.70. The van der Waals surface area contributed by atoms with Gasteiger partial charge in [0.15, 0.2) is 0 Å². The maximum Gasteiger partial charge on any atom is 0.255 e. The highest BCUT2D eigenvalue weighted by molar-refractivity contribution is 7.89. The molecule has 2 aromatic rings. The molecule has 2 aromatic carbocycles. The zero-order valence-corrected chi connectivity index (χ0v) is 19.7. The highest BCUT2D eigenvalue weighted by Gasteiger charge is 2.31. The van der Waals surface area contributed by atoms with Crippen molar-refractivity contribution in [3.63, 3.8) is 0 Å². The Morgan fingerprint density at radius 3 is 2.28 bits per heavy atom. The summed E-state index contributed by atoms with van der Waals surface area (Å²) in [4.78, 5) is 26.9. The summed E-state index contributed by atoms with van der Waals surface area (Å²) >= 11 is 0. The summed E-state index contributed by atoms with van der Waals surface area (Å²) in [7, 11) is -2.38. The molecule has 2 amide bonds. The third-order valence-electron chi connectivity index (χ3n) is 5.37. The Morgan fingerprint density at radius 2 is 1.66 bits per heavy atom. The Labute approximate surface area is 189 Å². The largest absolute Gasteiger partial charge is 0.379 e. The lowest BCUT2D eigenvalue weighted by Gasteiger charge is -2.27. The molecule has 3 rings (SSSR count). The maximum absolute atomic E-state index is 13.1. The minimum atomic E-state index is -3.86. The number of nitrogens with one attached hydrogen (secondary N) is 1. The average Bonchev–Trinajstić information content (AvgIpc) is 2.76. The number of morpholine rings is 1. The van der Waals surface area contributed by atoms with Gasteiger partial charge in [0.05, 0.1) is 30.2 Å². The molecule has 9 heteroatoms. The predicted octanol–water partition coefficient (Wildman–Crippen LogP) is 2.34. The molecule has 0 radical (unpaired) electrons. The number of benzene rings is 2. The van der Waals surface area contributed by atoms with E-state index in [1.807, 2.05) is 32.9 Å². The third-order valence-corrected chi connectivity index (χ3v) is 7.33. The van der Waals surface area contributed by atoms with E-state index in [9.17, 15) is 18.0 Å². The van der Waals surface area contributed by atoms with Crippen molar-refractivity contribution in [2.24, 2.45) is 0 Å². The van der Waals surface area contributed by atoms with Crippen LogP contribution in [0.25, 0.3) is 0 Å². The van der Waals surface area contributed by atoms with E-state index in [-0.39, 0.29) is 36.0 Å². The van der Waals surface area contributed by atoms with E-state index in [4.69, 9.17) is 4.74 Å². The lowest BCUT2D eigenvalue weighted by molar-refractivity contribution is -0.116. The van der Waals surface area contributed by atoms with E-state index < -0.39 is 15.9 Å².